The van der Waals surface area contributed by atoms with Crippen molar-refractivity contribution in [1.29, 1.82) is 0 Å². The Labute approximate surface area is 438 Å². The van der Waals surface area contributed by atoms with Crippen molar-refractivity contribution in [2.24, 2.45) is 0 Å². The minimum atomic E-state index is -0.833. The summed E-state index contributed by atoms with van der Waals surface area (Å²) in [5, 5.41) is 0. The summed E-state index contributed by atoms with van der Waals surface area (Å²) in [6.45, 7) is 6.34. The van der Waals surface area contributed by atoms with E-state index in [0.29, 0.717) is 12.8 Å². The Balaban J connectivity index is 4.37. The van der Waals surface area contributed by atoms with E-state index in [1.807, 2.05) is 6.08 Å². The van der Waals surface area contributed by atoms with Crippen LogP contribution >= 0.6 is 0 Å². The zero-order chi connectivity index (χ0) is 51.4. The lowest BCUT2D eigenvalue weighted by Crippen LogP contribution is -2.30. The van der Waals surface area contributed by atoms with E-state index in [9.17, 15) is 14.4 Å². The summed E-state index contributed by atoms with van der Waals surface area (Å²) in [6.07, 6.45) is 79.7. The van der Waals surface area contributed by atoms with Crippen molar-refractivity contribution in [3.63, 3.8) is 0 Å². The lowest BCUT2D eigenvalue weighted by molar-refractivity contribution is -0.166. The second kappa shape index (κ2) is 58.6. The monoisotopic (exact) mass is 985 g/mol. The maximum atomic E-state index is 12.8. The Hall–Kier alpha value is -3.93. The third kappa shape index (κ3) is 56.9. The quantitative estimate of drug-likeness (QED) is 0.0261. The molecular weight excluding hydrogens is 877 g/mol. The Bertz CT molecular complexity index is 1460. The summed E-state index contributed by atoms with van der Waals surface area (Å²) in [7, 11) is 0. The Morgan fingerprint density at radius 2 is 0.592 bits per heavy atom. The van der Waals surface area contributed by atoms with Crippen molar-refractivity contribution in [2.75, 3.05) is 13.2 Å². The van der Waals surface area contributed by atoms with Gasteiger partial charge in [-0.2, -0.15) is 0 Å². The normalized spacial score (nSPS) is 12.9. The van der Waals surface area contributed by atoms with E-state index < -0.39 is 12.1 Å². The molecule has 71 heavy (non-hydrogen) atoms. The SMILES string of the molecule is CC/C=C\C/C=C\C/C=C\C/C=C\C/C=C\CC(=O)OC(COC(=O)CCCCCCCCCCCCCCC)COC(=O)CCCCCCCCCCCCCC/C=C\C/C=C\C/C=C\C/C=C\CC. The second-order valence-electron chi connectivity index (χ2n) is 19.2. The molecule has 0 saturated carbocycles. The third-order valence-electron chi connectivity index (χ3n) is 12.3. The first-order valence-electron chi connectivity index (χ1n) is 29.4. The summed E-state index contributed by atoms with van der Waals surface area (Å²) in [4.78, 5) is 38.1. The van der Waals surface area contributed by atoms with Crippen LogP contribution in [0.25, 0.3) is 0 Å². The number of rotatable bonds is 52. The smallest absolute Gasteiger partial charge is 0.310 e. The topological polar surface area (TPSA) is 78.9 Å². The zero-order valence-electron chi connectivity index (χ0n) is 46.2. The van der Waals surface area contributed by atoms with Crippen molar-refractivity contribution in [2.45, 2.75) is 271 Å². The van der Waals surface area contributed by atoms with E-state index in [2.05, 4.69) is 118 Å². The highest BCUT2D eigenvalue weighted by atomic mass is 16.6. The molecule has 1 unspecified atom stereocenters. The van der Waals surface area contributed by atoms with Crippen molar-refractivity contribution in [3.05, 3.63) is 109 Å². The molecule has 0 amide bonds. The van der Waals surface area contributed by atoms with Crippen LogP contribution in [0.4, 0.5) is 0 Å². The fraction of sp³-hybridized carbons (Fsp3) is 0.677. The maximum absolute atomic E-state index is 12.8. The number of allylic oxidation sites excluding steroid dienone is 17. The molecule has 0 rings (SSSR count). The molecule has 1 atom stereocenters. The molecule has 6 nitrogen and oxygen atoms in total. The number of carbonyl (C=O) groups excluding carboxylic acids is 3. The summed E-state index contributed by atoms with van der Waals surface area (Å²) in [5.41, 5.74) is 0. The molecule has 0 fully saturated rings. The number of hydrogen-bond donors (Lipinski definition) is 0. The molecule has 0 aromatic heterocycles. The minimum absolute atomic E-state index is 0.0959. The number of esters is 3. The van der Waals surface area contributed by atoms with Crippen LogP contribution in [0.2, 0.25) is 0 Å². The van der Waals surface area contributed by atoms with Crippen LogP contribution in [0.5, 0.6) is 0 Å². The highest BCUT2D eigenvalue weighted by Gasteiger charge is 2.19. The van der Waals surface area contributed by atoms with Gasteiger partial charge in [-0.1, -0.05) is 271 Å². The standard InChI is InChI=1S/C65H108O6/c1-4-7-10-13-16-19-22-25-27-28-29-30-31-32-33-34-35-36-38-40-43-46-49-52-55-58-64(67)70-61-62(60-69-63(66)57-54-51-48-45-42-39-24-21-18-15-12-9-6-3)71-65(68)59-56-53-50-47-44-41-37-26-23-20-17-14-11-8-5-2/h7-8,10-11,16-17,19-20,25-27,29-30,37,44,47,53,56,62H,4-6,9,12-15,18,21-24,28,31-36,38-43,45-46,48-52,54-55,57-61H2,1-3H3/b10-7-,11-8-,19-16-,20-17-,27-25-,30-29-,37-26-,47-44-,56-53-. The molecule has 0 aliphatic heterocycles. The van der Waals surface area contributed by atoms with Gasteiger partial charge in [0.2, 0.25) is 0 Å². The molecule has 0 N–H and O–H groups in total. The van der Waals surface area contributed by atoms with Gasteiger partial charge in [-0.05, 0) is 83.5 Å². The lowest BCUT2D eigenvalue weighted by atomic mass is 10.0. The van der Waals surface area contributed by atoms with Crippen molar-refractivity contribution < 1.29 is 28.6 Å². The highest BCUT2D eigenvalue weighted by molar-refractivity contribution is 5.72. The maximum Gasteiger partial charge on any atom is 0.310 e. The Kier molecular flexibility index (Phi) is 55.4. The van der Waals surface area contributed by atoms with Gasteiger partial charge in [0.1, 0.15) is 13.2 Å². The van der Waals surface area contributed by atoms with Gasteiger partial charge in [-0.15, -0.1) is 0 Å². The second-order valence-corrected chi connectivity index (χ2v) is 19.2. The van der Waals surface area contributed by atoms with E-state index in [1.54, 1.807) is 6.08 Å². The van der Waals surface area contributed by atoms with Crippen LogP contribution < -0.4 is 0 Å². The van der Waals surface area contributed by atoms with Gasteiger partial charge in [0, 0.05) is 12.8 Å². The van der Waals surface area contributed by atoms with Gasteiger partial charge in [-0.25, -0.2) is 0 Å². The van der Waals surface area contributed by atoms with Crippen LogP contribution in [-0.2, 0) is 28.6 Å². The third-order valence-corrected chi connectivity index (χ3v) is 12.3. The summed E-state index contributed by atoms with van der Waals surface area (Å²) >= 11 is 0. The highest BCUT2D eigenvalue weighted by Crippen LogP contribution is 2.16. The molecule has 0 aliphatic carbocycles. The van der Waals surface area contributed by atoms with E-state index in [1.165, 1.54) is 128 Å². The van der Waals surface area contributed by atoms with Gasteiger partial charge >= 0.3 is 17.9 Å². The molecule has 0 saturated heterocycles. The van der Waals surface area contributed by atoms with Gasteiger partial charge in [0.05, 0.1) is 6.42 Å². The van der Waals surface area contributed by atoms with E-state index in [0.717, 1.165) is 96.3 Å². The predicted molar refractivity (Wildman–Crippen MR) is 307 cm³/mol. The molecule has 0 bridgehead atoms. The van der Waals surface area contributed by atoms with Crippen LogP contribution in [0.1, 0.15) is 265 Å². The largest absolute Gasteiger partial charge is 0.462 e. The molecule has 0 aromatic carbocycles. The number of carbonyl (C=O) groups is 3. The van der Waals surface area contributed by atoms with Crippen LogP contribution in [-0.4, -0.2) is 37.2 Å². The number of ether oxygens (including phenoxy) is 3. The molecule has 0 spiro atoms. The summed E-state index contributed by atoms with van der Waals surface area (Å²) in [5.74, 6) is -1.04. The molecule has 0 aromatic rings. The minimum Gasteiger partial charge on any atom is -0.462 e. The van der Waals surface area contributed by atoms with E-state index >= 15 is 0 Å². The lowest BCUT2D eigenvalue weighted by Gasteiger charge is -2.18. The molecule has 0 radical (unpaired) electrons. The van der Waals surface area contributed by atoms with Gasteiger partial charge in [0.25, 0.3) is 0 Å². The van der Waals surface area contributed by atoms with Crippen LogP contribution in [0.3, 0.4) is 0 Å². The fourth-order valence-corrected chi connectivity index (χ4v) is 7.98. The zero-order valence-corrected chi connectivity index (χ0v) is 46.2. The van der Waals surface area contributed by atoms with E-state index in [4.69, 9.17) is 14.2 Å². The van der Waals surface area contributed by atoms with Crippen LogP contribution in [0, 0.1) is 0 Å². The first-order chi connectivity index (χ1) is 35.0. The number of unbranched alkanes of at least 4 members (excludes halogenated alkanes) is 24. The van der Waals surface area contributed by atoms with Gasteiger partial charge < -0.3 is 14.2 Å². The van der Waals surface area contributed by atoms with E-state index in [-0.39, 0.29) is 31.6 Å². The molecule has 6 heteroatoms. The predicted octanol–water partition coefficient (Wildman–Crippen LogP) is 19.9. The van der Waals surface area contributed by atoms with Gasteiger partial charge in [-0.3, -0.25) is 14.4 Å². The van der Waals surface area contributed by atoms with Crippen molar-refractivity contribution in [3.8, 4) is 0 Å². The average molecular weight is 986 g/mol. The summed E-state index contributed by atoms with van der Waals surface area (Å²) in [6, 6.07) is 0. The molecule has 0 aliphatic rings. The summed E-state index contributed by atoms with van der Waals surface area (Å²) < 4.78 is 16.8. The van der Waals surface area contributed by atoms with Crippen LogP contribution in [0.15, 0.2) is 109 Å². The molecule has 404 valence electrons. The first kappa shape index (κ1) is 67.1. The number of hydrogen-bond acceptors (Lipinski definition) is 6. The average Bonchev–Trinajstić information content (AvgIpc) is 3.37. The Morgan fingerprint density at radius 1 is 0.310 bits per heavy atom. The van der Waals surface area contributed by atoms with Gasteiger partial charge in [0.15, 0.2) is 6.10 Å². The first-order valence-corrected chi connectivity index (χ1v) is 29.4. The fourth-order valence-electron chi connectivity index (χ4n) is 7.98. The molecular formula is C65H108O6. The van der Waals surface area contributed by atoms with Crippen molar-refractivity contribution in [1.82, 2.24) is 0 Å². The Morgan fingerprint density at radius 3 is 0.930 bits per heavy atom. The van der Waals surface area contributed by atoms with Crippen molar-refractivity contribution >= 4 is 17.9 Å². The molecule has 0 heterocycles.